The standard InChI is InChI=1S/C14H20FN3O/c15-9-5-4-8-12(13(9)14(17)19)18-11-7-3-1-2-6-10(11)16/h4-5,8,10-11,18H,1-3,6-7,16H2,(H2,17,19). The lowest BCUT2D eigenvalue weighted by Gasteiger charge is -2.25. The SMILES string of the molecule is NC(=O)c1c(F)cccc1NC1CCCCCC1N. The van der Waals surface area contributed by atoms with Gasteiger partial charge in [0.05, 0.1) is 11.3 Å². The van der Waals surface area contributed by atoms with Crippen molar-refractivity contribution in [1.29, 1.82) is 0 Å². The van der Waals surface area contributed by atoms with Gasteiger partial charge in [-0.3, -0.25) is 4.79 Å². The van der Waals surface area contributed by atoms with Crippen LogP contribution in [0.15, 0.2) is 18.2 Å². The first-order valence-corrected chi connectivity index (χ1v) is 6.70. The fraction of sp³-hybridized carbons (Fsp3) is 0.500. The summed E-state index contributed by atoms with van der Waals surface area (Å²) in [7, 11) is 0. The predicted octanol–water partition coefficient (Wildman–Crippen LogP) is 2.00. The van der Waals surface area contributed by atoms with Crippen LogP contribution < -0.4 is 16.8 Å². The molecule has 0 spiro atoms. The number of halogens is 1. The Hall–Kier alpha value is -1.62. The minimum atomic E-state index is -0.761. The third kappa shape index (κ3) is 3.23. The monoisotopic (exact) mass is 265 g/mol. The molecule has 1 saturated carbocycles. The Morgan fingerprint density at radius 3 is 2.74 bits per heavy atom. The number of rotatable bonds is 3. The van der Waals surface area contributed by atoms with Gasteiger partial charge in [-0.05, 0) is 25.0 Å². The van der Waals surface area contributed by atoms with Gasteiger partial charge < -0.3 is 16.8 Å². The molecule has 2 atom stereocenters. The van der Waals surface area contributed by atoms with E-state index >= 15 is 0 Å². The maximum Gasteiger partial charge on any atom is 0.253 e. The van der Waals surface area contributed by atoms with E-state index in [0.717, 1.165) is 32.1 Å². The van der Waals surface area contributed by atoms with Crippen molar-refractivity contribution in [3.63, 3.8) is 0 Å². The lowest BCUT2D eigenvalue weighted by Crippen LogP contribution is -2.39. The van der Waals surface area contributed by atoms with Crippen molar-refractivity contribution in [1.82, 2.24) is 0 Å². The highest BCUT2D eigenvalue weighted by atomic mass is 19.1. The largest absolute Gasteiger partial charge is 0.380 e. The first kappa shape index (κ1) is 13.8. The third-order valence-electron chi connectivity index (χ3n) is 3.67. The van der Waals surface area contributed by atoms with Crippen LogP contribution in [0, 0.1) is 5.82 Å². The van der Waals surface area contributed by atoms with E-state index in [1.54, 1.807) is 12.1 Å². The van der Waals surface area contributed by atoms with Crippen molar-refractivity contribution < 1.29 is 9.18 Å². The molecule has 1 aromatic rings. The van der Waals surface area contributed by atoms with Crippen molar-refractivity contribution in [2.45, 2.75) is 44.2 Å². The first-order valence-electron chi connectivity index (χ1n) is 6.70. The summed E-state index contributed by atoms with van der Waals surface area (Å²) >= 11 is 0. The molecule has 0 radical (unpaired) electrons. The molecule has 4 nitrogen and oxygen atoms in total. The van der Waals surface area contributed by atoms with E-state index in [2.05, 4.69) is 5.32 Å². The Balaban J connectivity index is 2.22. The summed E-state index contributed by atoms with van der Waals surface area (Å²) in [5, 5.41) is 3.20. The van der Waals surface area contributed by atoms with Crippen molar-refractivity contribution in [2.75, 3.05) is 5.32 Å². The number of nitrogens with two attached hydrogens (primary N) is 2. The van der Waals surface area contributed by atoms with Gasteiger partial charge in [0.1, 0.15) is 5.82 Å². The Morgan fingerprint density at radius 1 is 1.26 bits per heavy atom. The van der Waals surface area contributed by atoms with Crippen LogP contribution in [0.1, 0.15) is 42.5 Å². The molecule has 19 heavy (non-hydrogen) atoms. The van der Waals surface area contributed by atoms with Crippen molar-refractivity contribution in [3.8, 4) is 0 Å². The average Bonchev–Trinajstić information content (AvgIpc) is 2.54. The summed E-state index contributed by atoms with van der Waals surface area (Å²) < 4.78 is 13.7. The van der Waals surface area contributed by atoms with Crippen LogP contribution >= 0.6 is 0 Å². The molecule has 2 unspecified atom stereocenters. The summed E-state index contributed by atoms with van der Waals surface area (Å²) in [6, 6.07) is 4.54. The smallest absolute Gasteiger partial charge is 0.253 e. The van der Waals surface area contributed by atoms with E-state index in [1.165, 1.54) is 6.07 Å². The van der Waals surface area contributed by atoms with E-state index in [9.17, 15) is 9.18 Å². The van der Waals surface area contributed by atoms with Crippen molar-refractivity contribution in [2.24, 2.45) is 11.5 Å². The Kier molecular flexibility index (Phi) is 4.37. The van der Waals surface area contributed by atoms with E-state index < -0.39 is 11.7 Å². The van der Waals surface area contributed by atoms with Crippen LogP contribution in [-0.4, -0.2) is 18.0 Å². The number of nitrogens with one attached hydrogen (secondary N) is 1. The molecule has 1 aliphatic rings. The highest BCUT2D eigenvalue weighted by Gasteiger charge is 2.22. The summed E-state index contributed by atoms with van der Waals surface area (Å²) in [5.74, 6) is -1.36. The van der Waals surface area contributed by atoms with E-state index in [-0.39, 0.29) is 17.6 Å². The summed E-state index contributed by atoms with van der Waals surface area (Å²) in [6.45, 7) is 0. The predicted molar refractivity (Wildman–Crippen MR) is 73.4 cm³/mol. The van der Waals surface area contributed by atoms with E-state index in [4.69, 9.17) is 11.5 Å². The molecule has 0 bridgehead atoms. The zero-order valence-corrected chi connectivity index (χ0v) is 10.9. The molecule has 0 saturated heterocycles. The molecule has 5 heteroatoms. The molecule has 104 valence electrons. The molecule has 1 aliphatic carbocycles. The van der Waals surface area contributed by atoms with Crippen LogP contribution in [0.4, 0.5) is 10.1 Å². The maximum absolute atomic E-state index is 13.7. The maximum atomic E-state index is 13.7. The molecular formula is C14H20FN3O. The Labute approximate surface area is 112 Å². The highest BCUT2D eigenvalue weighted by molar-refractivity contribution is 5.98. The van der Waals surface area contributed by atoms with Crippen LogP contribution in [0.2, 0.25) is 0 Å². The lowest BCUT2D eigenvalue weighted by atomic mass is 10.0. The number of anilines is 1. The fourth-order valence-electron chi connectivity index (χ4n) is 2.61. The molecule has 1 aromatic carbocycles. The molecule has 0 aliphatic heterocycles. The molecule has 5 N–H and O–H groups in total. The van der Waals surface area contributed by atoms with Crippen LogP contribution in [0.5, 0.6) is 0 Å². The minimum absolute atomic E-state index is 0.0199. The van der Waals surface area contributed by atoms with Gasteiger partial charge in [-0.1, -0.05) is 25.3 Å². The number of hydrogen-bond donors (Lipinski definition) is 3. The van der Waals surface area contributed by atoms with Gasteiger partial charge in [0.25, 0.3) is 5.91 Å². The second kappa shape index (κ2) is 6.02. The zero-order valence-electron chi connectivity index (χ0n) is 10.9. The van der Waals surface area contributed by atoms with Gasteiger partial charge in [-0.25, -0.2) is 4.39 Å². The van der Waals surface area contributed by atoms with Gasteiger partial charge in [0.15, 0.2) is 0 Å². The second-order valence-corrected chi connectivity index (χ2v) is 5.08. The van der Waals surface area contributed by atoms with Gasteiger partial charge in [-0.2, -0.15) is 0 Å². The van der Waals surface area contributed by atoms with Gasteiger partial charge in [-0.15, -0.1) is 0 Å². The molecule has 1 fully saturated rings. The number of carbonyl (C=O) groups excluding carboxylic acids is 1. The molecule has 2 rings (SSSR count). The summed E-state index contributed by atoms with van der Waals surface area (Å²) in [4.78, 5) is 11.3. The fourth-order valence-corrected chi connectivity index (χ4v) is 2.61. The molecule has 1 amide bonds. The quantitative estimate of drug-likeness (QED) is 0.731. The number of benzene rings is 1. The van der Waals surface area contributed by atoms with Gasteiger partial charge >= 0.3 is 0 Å². The van der Waals surface area contributed by atoms with E-state index in [0.29, 0.717) is 5.69 Å². The van der Waals surface area contributed by atoms with E-state index in [1.807, 2.05) is 0 Å². The number of carbonyl (C=O) groups is 1. The van der Waals surface area contributed by atoms with Crippen LogP contribution in [-0.2, 0) is 0 Å². The number of amides is 1. The number of primary amides is 1. The average molecular weight is 265 g/mol. The summed E-state index contributed by atoms with van der Waals surface area (Å²) in [6.07, 6.45) is 5.24. The highest BCUT2D eigenvalue weighted by Crippen LogP contribution is 2.24. The number of hydrogen-bond acceptors (Lipinski definition) is 3. The Bertz CT molecular complexity index is 464. The zero-order chi connectivity index (χ0) is 13.8. The first-order chi connectivity index (χ1) is 9.09. The van der Waals surface area contributed by atoms with Gasteiger partial charge in [0, 0.05) is 12.1 Å². The van der Waals surface area contributed by atoms with Crippen molar-refractivity contribution in [3.05, 3.63) is 29.6 Å². The summed E-state index contributed by atoms with van der Waals surface area (Å²) in [5.41, 5.74) is 11.7. The second-order valence-electron chi connectivity index (χ2n) is 5.08. The van der Waals surface area contributed by atoms with Gasteiger partial charge in [0.2, 0.25) is 0 Å². The minimum Gasteiger partial charge on any atom is -0.380 e. The van der Waals surface area contributed by atoms with Crippen molar-refractivity contribution >= 4 is 11.6 Å². The third-order valence-corrected chi connectivity index (χ3v) is 3.67. The molecule has 0 aromatic heterocycles. The topological polar surface area (TPSA) is 81.1 Å². The van der Waals surface area contributed by atoms with Crippen LogP contribution in [0.3, 0.4) is 0 Å². The molecular weight excluding hydrogens is 245 g/mol. The molecule has 0 heterocycles. The Morgan fingerprint density at radius 2 is 2.00 bits per heavy atom. The lowest BCUT2D eigenvalue weighted by molar-refractivity contribution is 0.0997. The van der Waals surface area contributed by atoms with Crippen LogP contribution in [0.25, 0.3) is 0 Å². The normalized spacial score (nSPS) is 23.7.